The molecule has 1 N–H and O–H groups in total. The van der Waals surface area contributed by atoms with Crippen LogP contribution in [0, 0.1) is 5.92 Å². The fourth-order valence-corrected chi connectivity index (χ4v) is 2.81. The highest BCUT2D eigenvalue weighted by Gasteiger charge is 2.14. The number of hydrogen-bond donors (Lipinski definition) is 1. The first kappa shape index (κ1) is 13.3. The third-order valence-electron chi connectivity index (χ3n) is 3.90. The van der Waals surface area contributed by atoms with Crippen LogP contribution in [0.4, 0.5) is 0 Å². The molecular weight excluding hydrogens is 250 g/mol. The molecule has 1 fully saturated rings. The van der Waals surface area contributed by atoms with Gasteiger partial charge >= 0.3 is 0 Å². The van der Waals surface area contributed by atoms with E-state index in [4.69, 9.17) is 4.52 Å². The van der Waals surface area contributed by atoms with E-state index in [1.54, 1.807) is 0 Å². The van der Waals surface area contributed by atoms with Crippen LogP contribution in [0.5, 0.6) is 0 Å². The van der Waals surface area contributed by atoms with E-state index in [1.807, 2.05) is 18.2 Å². The number of benzene rings is 1. The Balaban J connectivity index is 1.46. The van der Waals surface area contributed by atoms with Crippen LogP contribution in [0.1, 0.15) is 43.0 Å². The van der Waals surface area contributed by atoms with Crippen LogP contribution < -0.4 is 5.32 Å². The second-order valence-electron chi connectivity index (χ2n) is 5.55. The Hall–Kier alpha value is -1.68. The summed E-state index contributed by atoms with van der Waals surface area (Å²) in [6.45, 7) is 1.74. The van der Waals surface area contributed by atoms with E-state index in [0.717, 1.165) is 24.7 Å². The van der Waals surface area contributed by atoms with Crippen molar-refractivity contribution in [3.8, 4) is 0 Å². The van der Waals surface area contributed by atoms with Gasteiger partial charge in [-0.15, -0.1) is 0 Å². The predicted molar refractivity (Wildman–Crippen MR) is 77.2 cm³/mol. The molecule has 2 aromatic rings. The first-order valence-corrected chi connectivity index (χ1v) is 7.46. The van der Waals surface area contributed by atoms with Crippen molar-refractivity contribution in [1.29, 1.82) is 0 Å². The Bertz CT molecular complexity index is 518. The molecular formula is C16H21N3O. The molecule has 20 heavy (non-hydrogen) atoms. The van der Waals surface area contributed by atoms with Gasteiger partial charge < -0.3 is 9.84 Å². The summed E-state index contributed by atoms with van der Waals surface area (Å²) in [5.74, 6) is 2.28. The molecule has 1 aromatic carbocycles. The predicted octanol–water partition coefficient (Wildman–Crippen LogP) is 2.94. The molecule has 3 rings (SSSR count). The lowest BCUT2D eigenvalue weighted by atomic mass is 10.1. The lowest BCUT2D eigenvalue weighted by Gasteiger charge is -2.08. The summed E-state index contributed by atoms with van der Waals surface area (Å²) in [5.41, 5.74) is 1.21. The van der Waals surface area contributed by atoms with Crippen LogP contribution in [-0.4, -0.2) is 16.7 Å². The smallest absolute Gasteiger partial charge is 0.240 e. The molecule has 1 saturated carbocycles. The molecule has 1 aliphatic rings. The van der Waals surface area contributed by atoms with E-state index in [9.17, 15) is 0 Å². The van der Waals surface area contributed by atoms with Crippen molar-refractivity contribution < 1.29 is 4.52 Å². The van der Waals surface area contributed by atoms with Crippen molar-refractivity contribution in [2.75, 3.05) is 6.54 Å². The lowest BCUT2D eigenvalue weighted by Crippen LogP contribution is -2.20. The molecule has 0 unspecified atom stereocenters. The van der Waals surface area contributed by atoms with E-state index in [2.05, 4.69) is 27.6 Å². The highest BCUT2D eigenvalue weighted by molar-refractivity contribution is 5.18. The van der Waals surface area contributed by atoms with Crippen LogP contribution in [0.3, 0.4) is 0 Å². The van der Waals surface area contributed by atoms with Crippen LogP contribution in [0.2, 0.25) is 0 Å². The van der Waals surface area contributed by atoms with Gasteiger partial charge in [0.15, 0.2) is 5.82 Å². The van der Waals surface area contributed by atoms with Gasteiger partial charge in [-0.05, 0) is 30.9 Å². The quantitative estimate of drug-likeness (QED) is 0.877. The second kappa shape index (κ2) is 6.66. The van der Waals surface area contributed by atoms with Gasteiger partial charge in [0.05, 0.1) is 6.54 Å². The lowest BCUT2D eigenvalue weighted by molar-refractivity contribution is 0.356. The number of nitrogens with zero attached hydrogens (tertiary/aromatic N) is 2. The molecule has 0 radical (unpaired) electrons. The van der Waals surface area contributed by atoms with Gasteiger partial charge in [-0.3, -0.25) is 0 Å². The Labute approximate surface area is 119 Å². The number of rotatable bonds is 6. The van der Waals surface area contributed by atoms with Crippen LogP contribution >= 0.6 is 0 Å². The van der Waals surface area contributed by atoms with Gasteiger partial charge in [0.25, 0.3) is 0 Å². The Kier molecular flexibility index (Phi) is 4.43. The van der Waals surface area contributed by atoms with E-state index in [0.29, 0.717) is 12.4 Å². The second-order valence-corrected chi connectivity index (χ2v) is 5.55. The number of hydrogen-bond acceptors (Lipinski definition) is 4. The van der Waals surface area contributed by atoms with Crippen molar-refractivity contribution in [2.45, 2.75) is 38.6 Å². The molecule has 1 aromatic heterocycles. The van der Waals surface area contributed by atoms with Gasteiger partial charge in [0.2, 0.25) is 5.89 Å². The molecule has 1 heterocycles. The third-order valence-corrected chi connectivity index (χ3v) is 3.90. The van der Waals surface area contributed by atoms with E-state index in [1.165, 1.54) is 31.2 Å². The van der Waals surface area contributed by atoms with Crippen molar-refractivity contribution in [2.24, 2.45) is 5.92 Å². The van der Waals surface area contributed by atoms with Crippen LogP contribution in [0.25, 0.3) is 0 Å². The molecule has 0 atom stereocenters. The Morgan fingerprint density at radius 1 is 1.15 bits per heavy atom. The topological polar surface area (TPSA) is 51.0 Å². The summed E-state index contributed by atoms with van der Waals surface area (Å²) in [4.78, 5) is 4.43. The zero-order chi connectivity index (χ0) is 13.6. The maximum Gasteiger partial charge on any atom is 0.240 e. The maximum absolute atomic E-state index is 5.28. The molecule has 4 heteroatoms. The maximum atomic E-state index is 5.28. The fraction of sp³-hybridized carbons (Fsp3) is 0.500. The Morgan fingerprint density at radius 2 is 1.95 bits per heavy atom. The number of aromatic nitrogens is 2. The molecule has 1 aliphatic carbocycles. The van der Waals surface area contributed by atoms with E-state index in [-0.39, 0.29) is 0 Å². The molecule has 0 amide bonds. The minimum atomic E-state index is 0.679. The fourth-order valence-electron chi connectivity index (χ4n) is 2.81. The Morgan fingerprint density at radius 3 is 2.75 bits per heavy atom. The first-order valence-electron chi connectivity index (χ1n) is 7.46. The number of nitrogens with one attached hydrogen (secondary N) is 1. The standard InChI is InChI=1S/C16H21N3O/c1-2-6-13(7-3-1)10-15-18-16(20-19-15)12-17-11-14-8-4-5-9-14/h1-3,6-7,14,17H,4-5,8-12H2. The van der Waals surface area contributed by atoms with E-state index < -0.39 is 0 Å². The third kappa shape index (κ3) is 3.67. The minimum Gasteiger partial charge on any atom is -0.338 e. The monoisotopic (exact) mass is 271 g/mol. The average molecular weight is 271 g/mol. The summed E-state index contributed by atoms with van der Waals surface area (Å²) in [5, 5.41) is 7.46. The van der Waals surface area contributed by atoms with Gasteiger partial charge in [-0.2, -0.15) is 4.98 Å². The summed E-state index contributed by atoms with van der Waals surface area (Å²) >= 11 is 0. The SMILES string of the molecule is c1ccc(Cc2noc(CNCC3CCCC3)n2)cc1. The minimum absolute atomic E-state index is 0.679. The molecule has 0 bridgehead atoms. The van der Waals surface area contributed by atoms with Gasteiger partial charge in [-0.25, -0.2) is 0 Å². The molecule has 0 saturated heterocycles. The zero-order valence-electron chi connectivity index (χ0n) is 11.7. The van der Waals surface area contributed by atoms with E-state index >= 15 is 0 Å². The zero-order valence-corrected chi connectivity index (χ0v) is 11.7. The van der Waals surface area contributed by atoms with Crippen molar-refractivity contribution in [3.63, 3.8) is 0 Å². The largest absolute Gasteiger partial charge is 0.338 e. The summed E-state index contributed by atoms with van der Waals surface area (Å²) in [6.07, 6.45) is 6.21. The first-order chi connectivity index (χ1) is 9.90. The van der Waals surface area contributed by atoms with Crippen LogP contribution in [0.15, 0.2) is 34.9 Å². The van der Waals surface area contributed by atoms with Gasteiger partial charge in [0, 0.05) is 6.42 Å². The summed E-state index contributed by atoms with van der Waals surface area (Å²) < 4.78 is 5.28. The average Bonchev–Trinajstić information content (AvgIpc) is 3.12. The van der Waals surface area contributed by atoms with Crippen LogP contribution in [-0.2, 0) is 13.0 Å². The van der Waals surface area contributed by atoms with Crippen molar-refractivity contribution in [3.05, 3.63) is 47.6 Å². The molecule has 4 nitrogen and oxygen atoms in total. The highest BCUT2D eigenvalue weighted by Crippen LogP contribution is 2.23. The normalized spacial score (nSPS) is 15.8. The molecule has 0 aliphatic heterocycles. The van der Waals surface area contributed by atoms with Crippen molar-refractivity contribution in [1.82, 2.24) is 15.5 Å². The van der Waals surface area contributed by atoms with Crippen molar-refractivity contribution >= 4 is 0 Å². The highest BCUT2D eigenvalue weighted by atomic mass is 16.5. The van der Waals surface area contributed by atoms with Gasteiger partial charge in [-0.1, -0.05) is 48.3 Å². The summed E-state index contributed by atoms with van der Waals surface area (Å²) in [7, 11) is 0. The molecule has 0 spiro atoms. The summed E-state index contributed by atoms with van der Waals surface area (Å²) in [6, 6.07) is 10.2. The van der Waals surface area contributed by atoms with Gasteiger partial charge in [0.1, 0.15) is 0 Å². The molecule has 106 valence electrons.